The second kappa shape index (κ2) is 7.39. The molecule has 21 heavy (non-hydrogen) atoms. The highest BCUT2D eigenvalue weighted by Gasteiger charge is 2.18. The summed E-state index contributed by atoms with van der Waals surface area (Å²) >= 11 is 0. The minimum Gasteiger partial charge on any atom is -0.494 e. The Labute approximate surface area is 122 Å². The van der Waals surface area contributed by atoms with E-state index in [2.05, 4.69) is 10.3 Å². The molecule has 1 aromatic carbocycles. The van der Waals surface area contributed by atoms with Gasteiger partial charge in [-0.1, -0.05) is 23.4 Å². The van der Waals surface area contributed by atoms with E-state index >= 15 is 0 Å². The number of hydrogen-bond acceptors (Lipinski definition) is 5. The quantitative estimate of drug-likeness (QED) is 0.743. The average molecular weight is 291 g/mol. The van der Waals surface area contributed by atoms with Gasteiger partial charge >= 0.3 is 5.97 Å². The molecule has 0 unspecified atom stereocenters. The van der Waals surface area contributed by atoms with Crippen molar-refractivity contribution in [3.8, 4) is 5.75 Å². The van der Waals surface area contributed by atoms with Crippen LogP contribution in [0.3, 0.4) is 0 Å². The van der Waals surface area contributed by atoms with Crippen molar-refractivity contribution < 1.29 is 19.4 Å². The van der Waals surface area contributed by atoms with E-state index in [4.69, 9.17) is 14.6 Å². The van der Waals surface area contributed by atoms with Crippen LogP contribution >= 0.6 is 0 Å². The van der Waals surface area contributed by atoms with Crippen molar-refractivity contribution in [3.63, 3.8) is 0 Å². The summed E-state index contributed by atoms with van der Waals surface area (Å²) in [6.45, 7) is 1.19. The summed E-state index contributed by atoms with van der Waals surface area (Å²) in [4.78, 5) is 11.0. The van der Waals surface area contributed by atoms with Crippen molar-refractivity contribution in [2.45, 2.75) is 19.6 Å². The largest absolute Gasteiger partial charge is 0.494 e. The maximum absolute atomic E-state index is 11.0. The molecule has 0 atom stereocenters. The second-order valence-corrected chi connectivity index (χ2v) is 4.36. The van der Waals surface area contributed by atoms with E-state index in [9.17, 15) is 4.79 Å². The van der Waals surface area contributed by atoms with Crippen LogP contribution in [0.2, 0.25) is 0 Å². The van der Waals surface area contributed by atoms with E-state index < -0.39 is 5.97 Å². The monoisotopic (exact) mass is 291 g/mol. The Morgan fingerprint density at radius 2 is 2.10 bits per heavy atom. The normalized spacial score (nSPS) is 10.5. The van der Waals surface area contributed by atoms with Crippen molar-refractivity contribution in [3.05, 3.63) is 41.7 Å². The zero-order valence-electron chi connectivity index (χ0n) is 11.7. The summed E-state index contributed by atoms with van der Waals surface area (Å²) < 4.78 is 12.1. The van der Waals surface area contributed by atoms with Crippen molar-refractivity contribution in [2.75, 3.05) is 13.7 Å². The minimum atomic E-state index is -1.10. The van der Waals surface area contributed by atoms with Gasteiger partial charge < -0.3 is 14.6 Å². The van der Waals surface area contributed by atoms with Gasteiger partial charge in [-0.15, -0.1) is 5.10 Å². The summed E-state index contributed by atoms with van der Waals surface area (Å²) in [5.74, 6) is -0.298. The molecule has 0 saturated carbocycles. The number of ether oxygens (including phenoxy) is 2. The lowest BCUT2D eigenvalue weighted by atomic mass is 10.3. The molecule has 0 fully saturated rings. The molecule has 0 saturated heterocycles. The molecule has 1 N–H and O–H groups in total. The average Bonchev–Trinajstić information content (AvgIpc) is 2.88. The molecule has 0 bridgehead atoms. The first kappa shape index (κ1) is 15.0. The number of carboxylic acid groups (broad SMARTS) is 1. The molecule has 2 rings (SSSR count). The number of aryl methyl sites for hydroxylation is 1. The van der Waals surface area contributed by atoms with Gasteiger partial charge in [0.05, 0.1) is 18.9 Å². The zero-order chi connectivity index (χ0) is 15.1. The summed E-state index contributed by atoms with van der Waals surface area (Å²) in [5.41, 5.74) is 0.394. The van der Waals surface area contributed by atoms with Crippen LogP contribution < -0.4 is 4.74 Å². The Morgan fingerprint density at radius 3 is 2.76 bits per heavy atom. The van der Waals surface area contributed by atoms with Crippen molar-refractivity contribution in [2.24, 2.45) is 0 Å². The van der Waals surface area contributed by atoms with Gasteiger partial charge in [-0.3, -0.25) is 0 Å². The third-order valence-electron chi connectivity index (χ3n) is 2.85. The lowest BCUT2D eigenvalue weighted by molar-refractivity contribution is 0.0684. The molecule has 0 spiro atoms. The molecule has 0 aliphatic rings. The van der Waals surface area contributed by atoms with Gasteiger partial charge in [0.25, 0.3) is 0 Å². The lowest BCUT2D eigenvalue weighted by Gasteiger charge is -2.08. The second-order valence-electron chi connectivity index (χ2n) is 4.36. The highest BCUT2D eigenvalue weighted by atomic mass is 16.5. The highest BCUT2D eigenvalue weighted by molar-refractivity contribution is 5.86. The molecule has 7 heteroatoms. The van der Waals surface area contributed by atoms with Crippen LogP contribution in [-0.4, -0.2) is 39.8 Å². The van der Waals surface area contributed by atoms with E-state index in [1.807, 2.05) is 30.3 Å². The van der Waals surface area contributed by atoms with Crippen molar-refractivity contribution >= 4 is 5.97 Å². The summed E-state index contributed by atoms with van der Waals surface area (Å²) in [7, 11) is 1.50. The number of hydrogen-bond donors (Lipinski definition) is 1. The lowest BCUT2D eigenvalue weighted by Crippen LogP contribution is -2.11. The number of carboxylic acids is 1. The van der Waals surface area contributed by atoms with E-state index in [1.165, 1.54) is 7.11 Å². The molecule has 0 aliphatic heterocycles. The van der Waals surface area contributed by atoms with Gasteiger partial charge in [0, 0.05) is 20.1 Å². The molecular weight excluding hydrogens is 274 g/mol. The van der Waals surface area contributed by atoms with Crippen molar-refractivity contribution in [1.82, 2.24) is 15.0 Å². The van der Waals surface area contributed by atoms with Crippen LogP contribution in [0.4, 0.5) is 0 Å². The molecular formula is C14H17N3O4. The van der Waals surface area contributed by atoms with Crippen LogP contribution in [0.15, 0.2) is 30.3 Å². The highest BCUT2D eigenvalue weighted by Crippen LogP contribution is 2.10. The van der Waals surface area contributed by atoms with Gasteiger partial charge in [-0.2, -0.15) is 0 Å². The maximum atomic E-state index is 11.0. The number of aromatic nitrogens is 3. The molecule has 0 radical (unpaired) electrons. The predicted octanol–water partition coefficient (Wildman–Crippen LogP) is 1.59. The smallest absolute Gasteiger partial charge is 0.358 e. The SMILES string of the molecule is COCc1c(C(=O)O)nnn1CCCOc1ccccc1. The number of methoxy groups -OCH3 is 1. The third kappa shape index (κ3) is 4.03. The Balaban J connectivity index is 1.89. The van der Waals surface area contributed by atoms with E-state index in [0.717, 1.165) is 5.75 Å². The Morgan fingerprint density at radius 1 is 1.33 bits per heavy atom. The van der Waals surface area contributed by atoms with Gasteiger partial charge in [-0.25, -0.2) is 9.48 Å². The number of aromatic carboxylic acids is 1. The fourth-order valence-corrected chi connectivity index (χ4v) is 1.88. The van der Waals surface area contributed by atoms with Gasteiger partial charge in [0.1, 0.15) is 5.75 Å². The topological polar surface area (TPSA) is 86.5 Å². The van der Waals surface area contributed by atoms with Gasteiger partial charge in [0.2, 0.25) is 0 Å². The summed E-state index contributed by atoms with van der Waals surface area (Å²) in [6, 6.07) is 9.50. The fraction of sp³-hybridized carbons (Fsp3) is 0.357. The minimum absolute atomic E-state index is 0.0687. The third-order valence-corrected chi connectivity index (χ3v) is 2.85. The van der Waals surface area contributed by atoms with Gasteiger partial charge in [0.15, 0.2) is 5.69 Å². The van der Waals surface area contributed by atoms with Crippen LogP contribution in [0, 0.1) is 0 Å². The number of nitrogens with zero attached hydrogens (tertiary/aromatic N) is 3. The fourth-order valence-electron chi connectivity index (χ4n) is 1.88. The van der Waals surface area contributed by atoms with Crippen LogP contribution in [0.1, 0.15) is 22.6 Å². The molecule has 112 valence electrons. The Hall–Kier alpha value is -2.41. The Bertz CT molecular complexity index is 583. The first-order chi connectivity index (χ1) is 10.2. The first-order valence-electron chi connectivity index (χ1n) is 6.55. The summed E-state index contributed by atoms with van der Waals surface area (Å²) in [5, 5.41) is 16.5. The number of carbonyl (C=O) groups is 1. The molecule has 7 nitrogen and oxygen atoms in total. The maximum Gasteiger partial charge on any atom is 0.358 e. The number of para-hydroxylation sites is 1. The molecule has 0 aliphatic carbocycles. The Kier molecular flexibility index (Phi) is 5.28. The predicted molar refractivity (Wildman–Crippen MR) is 74.2 cm³/mol. The molecule has 0 amide bonds. The zero-order valence-corrected chi connectivity index (χ0v) is 11.7. The van der Waals surface area contributed by atoms with E-state index in [-0.39, 0.29) is 12.3 Å². The first-order valence-corrected chi connectivity index (χ1v) is 6.55. The van der Waals surface area contributed by atoms with Crippen LogP contribution in [0.25, 0.3) is 0 Å². The van der Waals surface area contributed by atoms with Crippen LogP contribution in [0.5, 0.6) is 5.75 Å². The van der Waals surface area contributed by atoms with E-state index in [0.29, 0.717) is 25.3 Å². The van der Waals surface area contributed by atoms with E-state index in [1.54, 1.807) is 4.68 Å². The van der Waals surface area contributed by atoms with Gasteiger partial charge in [-0.05, 0) is 12.1 Å². The van der Waals surface area contributed by atoms with Crippen molar-refractivity contribution in [1.29, 1.82) is 0 Å². The molecule has 1 aromatic heterocycles. The summed E-state index contributed by atoms with van der Waals surface area (Å²) in [6.07, 6.45) is 0.689. The molecule has 2 aromatic rings. The number of rotatable bonds is 8. The number of benzene rings is 1. The standard InChI is InChI=1S/C14H17N3O4/c1-20-10-12-13(14(18)19)15-16-17(12)8-5-9-21-11-6-3-2-4-7-11/h2-4,6-7H,5,8-10H2,1H3,(H,18,19). The molecule has 1 heterocycles. The van der Waals surface area contributed by atoms with Crippen LogP contribution in [-0.2, 0) is 17.9 Å².